The van der Waals surface area contributed by atoms with Crippen LogP contribution in [0.15, 0.2) is 34.8 Å². The first-order chi connectivity index (χ1) is 10.6. The zero-order valence-corrected chi connectivity index (χ0v) is 14.0. The lowest BCUT2D eigenvalue weighted by Crippen LogP contribution is -2.02. The highest BCUT2D eigenvalue weighted by molar-refractivity contribution is 6.55. The Morgan fingerprint density at radius 2 is 1.77 bits per heavy atom. The van der Waals surface area contributed by atoms with Crippen molar-refractivity contribution in [2.75, 3.05) is 26.9 Å². The van der Waals surface area contributed by atoms with Gasteiger partial charge in [-0.1, -0.05) is 23.2 Å². The number of carbonyl (C=O) groups excluding carboxylic acids is 1. The minimum absolute atomic E-state index is 0.228. The van der Waals surface area contributed by atoms with Gasteiger partial charge >= 0.3 is 5.97 Å². The number of benzene rings is 1. The summed E-state index contributed by atoms with van der Waals surface area (Å²) in [5, 5.41) is 0. The Morgan fingerprint density at radius 3 is 2.41 bits per heavy atom. The average Bonchev–Trinajstić information content (AvgIpc) is 2.53. The largest absolute Gasteiger partial charge is 0.494 e. The zero-order chi connectivity index (χ0) is 16.2. The molecule has 0 N–H and O–H groups in total. The van der Waals surface area contributed by atoms with Gasteiger partial charge in [-0.25, -0.2) is 4.79 Å². The SMILES string of the molecule is COC(=O)c1ccc(OCCCCCOCC=C(Cl)Cl)cc1. The van der Waals surface area contributed by atoms with Crippen LogP contribution in [0.25, 0.3) is 0 Å². The summed E-state index contributed by atoms with van der Waals surface area (Å²) < 4.78 is 15.8. The quantitative estimate of drug-likeness (QED) is 0.466. The highest BCUT2D eigenvalue weighted by Crippen LogP contribution is 2.13. The summed E-state index contributed by atoms with van der Waals surface area (Å²) in [4.78, 5) is 11.3. The molecule has 22 heavy (non-hydrogen) atoms. The lowest BCUT2D eigenvalue weighted by Gasteiger charge is -2.07. The van der Waals surface area contributed by atoms with Gasteiger partial charge in [0.25, 0.3) is 0 Å². The van der Waals surface area contributed by atoms with Gasteiger partial charge in [-0.05, 0) is 49.6 Å². The molecule has 0 amide bonds. The van der Waals surface area contributed by atoms with Crippen LogP contribution in [0.5, 0.6) is 5.75 Å². The van der Waals surface area contributed by atoms with Gasteiger partial charge < -0.3 is 14.2 Å². The third-order valence-electron chi connectivity index (χ3n) is 2.83. The number of methoxy groups -OCH3 is 1. The summed E-state index contributed by atoms with van der Waals surface area (Å²) in [5.41, 5.74) is 0.512. The van der Waals surface area contributed by atoms with Gasteiger partial charge in [0.2, 0.25) is 0 Å². The maximum Gasteiger partial charge on any atom is 0.337 e. The Morgan fingerprint density at radius 1 is 1.09 bits per heavy atom. The van der Waals surface area contributed by atoms with Crippen molar-refractivity contribution < 1.29 is 19.0 Å². The van der Waals surface area contributed by atoms with Crippen molar-refractivity contribution in [3.05, 3.63) is 40.4 Å². The van der Waals surface area contributed by atoms with E-state index < -0.39 is 0 Å². The fourth-order valence-corrected chi connectivity index (χ4v) is 1.81. The van der Waals surface area contributed by atoms with Gasteiger partial charge in [0.15, 0.2) is 0 Å². The molecule has 122 valence electrons. The molecule has 0 spiro atoms. The van der Waals surface area contributed by atoms with Crippen molar-refractivity contribution in [3.8, 4) is 5.75 Å². The van der Waals surface area contributed by atoms with Crippen molar-refractivity contribution in [1.82, 2.24) is 0 Å². The Hall–Kier alpha value is -1.23. The van der Waals surface area contributed by atoms with E-state index in [0.29, 0.717) is 25.4 Å². The first-order valence-electron chi connectivity index (χ1n) is 7.03. The zero-order valence-electron chi connectivity index (χ0n) is 12.5. The highest BCUT2D eigenvalue weighted by Gasteiger charge is 2.04. The van der Waals surface area contributed by atoms with Crippen LogP contribution in [-0.4, -0.2) is 32.9 Å². The van der Waals surface area contributed by atoms with E-state index in [0.717, 1.165) is 25.0 Å². The van der Waals surface area contributed by atoms with Crippen molar-refractivity contribution in [3.63, 3.8) is 0 Å². The number of hydrogen-bond acceptors (Lipinski definition) is 4. The summed E-state index contributed by atoms with van der Waals surface area (Å²) in [6.07, 6.45) is 4.52. The van der Waals surface area contributed by atoms with Crippen LogP contribution < -0.4 is 4.74 Å². The molecule has 0 heterocycles. The fourth-order valence-electron chi connectivity index (χ4n) is 1.68. The Kier molecular flexibility index (Phi) is 9.71. The van der Waals surface area contributed by atoms with Crippen LogP contribution in [-0.2, 0) is 9.47 Å². The number of hydrogen-bond donors (Lipinski definition) is 0. The first kappa shape index (κ1) is 18.8. The minimum Gasteiger partial charge on any atom is -0.494 e. The van der Waals surface area contributed by atoms with Crippen molar-refractivity contribution in [1.29, 1.82) is 0 Å². The molecule has 0 unspecified atom stereocenters. The molecule has 0 aliphatic carbocycles. The normalized spacial score (nSPS) is 10.1. The predicted molar refractivity (Wildman–Crippen MR) is 87.7 cm³/mol. The maximum atomic E-state index is 11.3. The summed E-state index contributed by atoms with van der Waals surface area (Å²) >= 11 is 10.9. The van der Waals surface area contributed by atoms with Crippen LogP contribution in [0.4, 0.5) is 0 Å². The third-order valence-corrected chi connectivity index (χ3v) is 3.14. The van der Waals surface area contributed by atoms with E-state index in [1.54, 1.807) is 30.3 Å². The van der Waals surface area contributed by atoms with Crippen molar-refractivity contribution in [2.24, 2.45) is 0 Å². The molecule has 0 fully saturated rings. The molecule has 0 radical (unpaired) electrons. The number of rotatable bonds is 10. The maximum absolute atomic E-state index is 11.3. The molecule has 0 aromatic heterocycles. The monoisotopic (exact) mass is 346 g/mol. The fraction of sp³-hybridized carbons (Fsp3) is 0.438. The van der Waals surface area contributed by atoms with E-state index in [1.807, 2.05) is 0 Å². The van der Waals surface area contributed by atoms with Crippen LogP contribution in [0.3, 0.4) is 0 Å². The summed E-state index contributed by atoms with van der Waals surface area (Å²) in [5.74, 6) is 0.391. The van der Waals surface area contributed by atoms with Gasteiger partial charge in [0, 0.05) is 6.61 Å². The highest BCUT2D eigenvalue weighted by atomic mass is 35.5. The minimum atomic E-state index is -0.350. The third kappa shape index (κ3) is 8.27. The molecular formula is C16H20Cl2O4. The van der Waals surface area contributed by atoms with Gasteiger partial charge in [-0.2, -0.15) is 0 Å². The molecule has 0 aliphatic rings. The van der Waals surface area contributed by atoms with Crippen LogP contribution in [0, 0.1) is 0 Å². The molecule has 6 heteroatoms. The Bertz CT molecular complexity index is 468. The molecule has 1 aromatic carbocycles. The molecule has 1 rings (SSSR count). The smallest absolute Gasteiger partial charge is 0.337 e. The molecular weight excluding hydrogens is 327 g/mol. The van der Waals surface area contributed by atoms with Crippen LogP contribution >= 0.6 is 23.2 Å². The number of esters is 1. The van der Waals surface area contributed by atoms with E-state index in [4.69, 9.17) is 32.7 Å². The predicted octanol–water partition coefficient (Wildman–Crippen LogP) is 4.36. The second-order valence-electron chi connectivity index (χ2n) is 4.49. The Labute approximate surface area is 140 Å². The molecule has 0 aliphatic heterocycles. The van der Waals surface area contributed by atoms with Crippen LogP contribution in [0.1, 0.15) is 29.6 Å². The van der Waals surface area contributed by atoms with E-state index >= 15 is 0 Å². The molecule has 0 saturated heterocycles. The second kappa shape index (κ2) is 11.4. The number of ether oxygens (including phenoxy) is 3. The summed E-state index contributed by atoms with van der Waals surface area (Å²) in [7, 11) is 1.36. The molecule has 0 bridgehead atoms. The number of carbonyl (C=O) groups is 1. The van der Waals surface area contributed by atoms with Gasteiger partial charge in [-0.3, -0.25) is 0 Å². The topological polar surface area (TPSA) is 44.8 Å². The molecule has 0 atom stereocenters. The van der Waals surface area contributed by atoms with Gasteiger partial charge in [0.1, 0.15) is 10.2 Å². The first-order valence-corrected chi connectivity index (χ1v) is 7.79. The van der Waals surface area contributed by atoms with E-state index in [2.05, 4.69) is 4.74 Å². The average molecular weight is 347 g/mol. The number of halogens is 2. The van der Waals surface area contributed by atoms with E-state index in [9.17, 15) is 4.79 Å². The lowest BCUT2D eigenvalue weighted by molar-refractivity contribution is 0.0600. The summed E-state index contributed by atoms with van der Waals surface area (Å²) in [6, 6.07) is 6.89. The Balaban J connectivity index is 2.07. The van der Waals surface area contributed by atoms with Gasteiger partial charge in [0.05, 0.1) is 25.9 Å². The molecule has 1 aromatic rings. The lowest BCUT2D eigenvalue weighted by atomic mass is 10.2. The standard InChI is InChI=1S/C16H20Cl2O4/c1-20-16(19)13-5-7-14(8-6-13)22-11-4-2-3-10-21-12-9-15(17)18/h5-9H,2-4,10-12H2,1H3. The van der Waals surface area contributed by atoms with Crippen LogP contribution in [0.2, 0.25) is 0 Å². The van der Waals surface area contributed by atoms with Crippen molar-refractivity contribution >= 4 is 29.2 Å². The second-order valence-corrected chi connectivity index (χ2v) is 5.50. The van der Waals surface area contributed by atoms with Crippen molar-refractivity contribution in [2.45, 2.75) is 19.3 Å². The van der Waals surface area contributed by atoms with E-state index in [-0.39, 0.29) is 10.5 Å². The molecule has 0 saturated carbocycles. The van der Waals surface area contributed by atoms with E-state index in [1.165, 1.54) is 7.11 Å². The number of unbranched alkanes of at least 4 members (excludes halogenated alkanes) is 2. The molecule has 4 nitrogen and oxygen atoms in total. The summed E-state index contributed by atoms with van der Waals surface area (Å²) in [6.45, 7) is 1.74. The van der Waals surface area contributed by atoms with Gasteiger partial charge in [-0.15, -0.1) is 0 Å².